The molecule has 7 heteroatoms. The van der Waals surface area contributed by atoms with Gasteiger partial charge in [-0.2, -0.15) is 5.26 Å². The summed E-state index contributed by atoms with van der Waals surface area (Å²) in [7, 11) is 0. The van der Waals surface area contributed by atoms with Crippen molar-refractivity contribution >= 4 is 17.6 Å². The van der Waals surface area contributed by atoms with Crippen molar-refractivity contribution in [2.24, 2.45) is 17.3 Å². The largest absolute Gasteiger partial charge is 0.371 e. The van der Waals surface area contributed by atoms with Crippen LogP contribution in [0.2, 0.25) is 0 Å². The van der Waals surface area contributed by atoms with Gasteiger partial charge in [-0.3, -0.25) is 14.4 Å². The Morgan fingerprint density at radius 3 is 2.52 bits per heavy atom. The van der Waals surface area contributed by atoms with Crippen LogP contribution in [0.15, 0.2) is 0 Å². The number of rotatable bonds is 10. The molecule has 0 aliphatic carbocycles. The zero-order chi connectivity index (χ0) is 20.6. The molecule has 0 spiro atoms. The molecule has 1 saturated heterocycles. The number of carbonyl (C=O) groups is 3. The summed E-state index contributed by atoms with van der Waals surface area (Å²) in [6.45, 7) is 10.3. The molecular formula is C20H33N3O4. The predicted octanol–water partition coefficient (Wildman–Crippen LogP) is 1.96. The van der Waals surface area contributed by atoms with Crippen LogP contribution in [0.1, 0.15) is 60.3 Å². The van der Waals surface area contributed by atoms with Gasteiger partial charge in [0.15, 0.2) is 5.78 Å². The Morgan fingerprint density at radius 2 is 2.04 bits per heavy atom. The van der Waals surface area contributed by atoms with Crippen molar-refractivity contribution in [2.45, 2.75) is 72.4 Å². The summed E-state index contributed by atoms with van der Waals surface area (Å²) in [6, 6.07) is 1.33. The topological polar surface area (TPSA) is 108 Å². The molecular weight excluding hydrogens is 346 g/mol. The second-order valence-corrected chi connectivity index (χ2v) is 8.77. The first-order chi connectivity index (χ1) is 12.5. The van der Waals surface area contributed by atoms with Crippen LogP contribution in [0.5, 0.6) is 0 Å². The van der Waals surface area contributed by atoms with Gasteiger partial charge < -0.3 is 15.4 Å². The molecule has 0 radical (unpaired) electrons. The number of ether oxygens (including phenoxy) is 1. The zero-order valence-corrected chi connectivity index (χ0v) is 17.1. The first-order valence-electron chi connectivity index (χ1n) is 9.63. The molecule has 0 aromatic heterocycles. The van der Waals surface area contributed by atoms with Crippen molar-refractivity contribution in [3.05, 3.63) is 0 Å². The molecule has 0 bridgehead atoms. The van der Waals surface area contributed by atoms with Crippen molar-refractivity contribution in [3.63, 3.8) is 0 Å². The van der Waals surface area contributed by atoms with Crippen LogP contribution in [0, 0.1) is 28.6 Å². The molecule has 0 unspecified atom stereocenters. The lowest BCUT2D eigenvalue weighted by Gasteiger charge is -2.26. The van der Waals surface area contributed by atoms with E-state index in [2.05, 4.69) is 16.7 Å². The fourth-order valence-electron chi connectivity index (χ4n) is 3.18. The number of nitrogens with one attached hydrogen (secondary N) is 2. The average molecular weight is 380 g/mol. The first-order valence-corrected chi connectivity index (χ1v) is 9.63. The summed E-state index contributed by atoms with van der Waals surface area (Å²) in [5.74, 6) is -1.29. The van der Waals surface area contributed by atoms with Gasteiger partial charge in [-0.05, 0) is 38.5 Å². The van der Waals surface area contributed by atoms with Gasteiger partial charge in [0, 0.05) is 24.8 Å². The van der Waals surface area contributed by atoms with Gasteiger partial charge in [0.25, 0.3) is 0 Å². The number of ketones is 1. The second kappa shape index (κ2) is 10.4. The second-order valence-electron chi connectivity index (χ2n) is 8.77. The van der Waals surface area contributed by atoms with Crippen LogP contribution in [-0.2, 0) is 19.1 Å². The number of Topliss-reactive ketones (excluding diaryl/α,β-unsaturated/α-hetero) is 1. The van der Waals surface area contributed by atoms with Gasteiger partial charge in [-0.15, -0.1) is 0 Å². The summed E-state index contributed by atoms with van der Waals surface area (Å²) in [5, 5.41) is 14.8. The fourth-order valence-corrected chi connectivity index (χ4v) is 3.18. The van der Waals surface area contributed by atoms with E-state index in [1.54, 1.807) is 0 Å². The van der Waals surface area contributed by atoms with E-state index in [4.69, 9.17) is 4.74 Å². The number of amides is 2. The molecule has 0 aromatic rings. The Bertz CT molecular complexity index is 575. The molecule has 3 atom stereocenters. The summed E-state index contributed by atoms with van der Waals surface area (Å²) >= 11 is 0. The zero-order valence-electron chi connectivity index (χ0n) is 17.1. The maximum atomic E-state index is 12.8. The van der Waals surface area contributed by atoms with Gasteiger partial charge in [0.05, 0.1) is 12.2 Å². The number of carbonyl (C=O) groups excluding carboxylic acids is 3. The smallest absolute Gasteiger partial charge is 0.224 e. The van der Waals surface area contributed by atoms with Gasteiger partial charge >= 0.3 is 0 Å². The summed E-state index contributed by atoms with van der Waals surface area (Å²) in [5.41, 5.74) is -0.144. The van der Waals surface area contributed by atoms with Crippen molar-refractivity contribution in [2.75, 3.05) is 13.2 Å². The Labute approximate surface area is 162 Å². The average Bonchev–Trinajstić information content (AvgIpc) is 2.95. The summed E-state index contributed by atoms with van der Waals surface area (Å²) < 4.78 is 5.34. The molecule has 0 aromatic carbocycles. The highest BCUT2D eigenvalue weighted by Crippen LogP contribution is 2.27. The lowest BCUT2D eigenvalue weighted by atomic mass is 9.82. The molecule has 1 fully saturated rings. The van der Waals surface area contributed by atoms with E-state index in [0.29, 0.717) is 25.8 Å². The standard InChI is InChI=1S/C20H33N3O4/c1-13(2)27-12-17(24)9-15(10-20(3,4)5)19(26)23-16(11-21)8-14-6-7-22-18(14)25/h13-16H,6-10,12H2,1-5H3,(H,22,25)(H,23,26)/t14-,15-,16-/m0/s1. The minimum absolute atomic E-state index is 0.0183. The number of nitrogens with zero attached hydrogens (tertiary/aromatic N) is 1. The maximum absolute atomic E-state index is 12.8. The molecule has 1 rings (SSSR count). The molecule has 2 amide bonds. The van der Waals surface area contributed by atoms with E-state index in [-0.39, 0.29) is 48.1 Å². The first kappa shape index (κ1) is 23.1. The Morgan fingerprint density at radius 1 is 1.37 bits per heavy atom. The monoisotopic (exact) mass is 379 g/mol. The third-order valence-corrected chi connectivity index (χ3v) is 4.44. The van der Waals surface area contributed by atoms with Gasteiger partial charge in [0.1, 0.15) is 12.6 Å². The van der Waals surface area contributed by atoms with Gasteiger partial charge in [-0.25, -0.2) is 0 Å². The third-order valence-electron chi connectivity index (χ3n) is 4.44. The quantitative estimate of drug-likeness (QED) is 0.603. The van der Waals surface area contributed by atoms with Crippen molar-refractivity contribution in [1.29, 1.82) is 5.26 Å². The summed E-state index contributed by atoms with van der Waals surface area (Å²) in [4.78, 5) is 36.7. The third kappa shape index (κ3) is 9.00. The van der Waals surface area contributed by atoms with E-state index < -0.39 is 12.0 Å². The Hall–Kier alpha value is -1.94. The van der Waals surface area contributed by atoms with Crippen molar-refractivity contribution < 1.29 is 19.1 Å². The van der Waals surface area contributed by atoms with Gasteiger partial charge in [0.2, 0.25) is 11.8 Å². The lowest BCUT2D eigenvalue weighted by Crippen LogP contribution is -2.41. The molecule has 27 heavy (non-hydrogen) atoms. The Kier molecular flexibility index (Phi) is 8.91. The van der Waals surface area contributed by atoms with Crippen molar-refractivity contribution in [1.82, 2.24) is 10.6 Å². The van der Waals surface area contributed by atoms with Crippen LogP contribution >= 0.6 is 0 Å². The number of hydrogen-bond donors (Lipinski definition) is 2. The maximum Gasteiger partial charge on any atom is 0.224 e. The minimum Gasteiger partial charge on any atom is -0.371 e. The number of nitriles is 1. The highest BCUT2D eigenvalue weighted by Gasteiger charge is 2.31. The lowest BCUT2D eigenvalue weighted by molar-refractivity contribution is -0.133. The highest BCUT2D eigenvalue weighted by molar-refractivity contribution is 5.88. The van der Waals surface area contributed by atoms with Crippen LogP contribution in [-0.4, -0.2) is 42.9 Å². The van der Waals surface area contributed by atoms with E-state index in [0.717, 1.165) is 0 Å². The molecule has 1 heterocycles. The minimum atomic E-state index is -0.740. The molecule has 1 aliphatic rings. The van der Waals surface area contributed by atoms with E-state index in [1.807, 2.05) is 34.6 Å². The number of hydrogen-bond acceptors (Lipinski definition) is 5. The normalized spacial score (nSPS) is 19.3. The fraction of sp³-hybridized carbons (Fsp3) is 0.800. The van der Waals surface area contributed by atoms with Crippen LogP contribution in [0.3, 0.4) is 0 Å². The molecule has 0 saturated carbocycles. The van der Waals surface area contributed by atoms with Gasteiger partial charge in [-0.1, -0.05) is 20.8 Å². The molecule has 1 aliphatic heterocycles. The molecule has 7 nitrogen and oxygen atoms in total. The van der Waals surface area contributed by atoms with E-state index >= 15 is 0 Å². The molecule has 152 valence electrons. The predicted molar refractivity (Wildman–Crippen MR) is 102 cm³/mol. The van der Waals surface area contributed by atoms with E-state index in [1.165, 1.54) is 0 Å². The molecule has 2 N–H and O–H groups in total. The highest BCUT2D eigenvalue weighted by atomic mass is 16.5. The van der Waals surface area contributed by atoms with E-state index in [9.17, 15) is 19.6 Å². The SMILES string of the molecule is CC(C)OCC(=O)C[C@@H](CC(C)(C)C)C(=O)N[C@H](C#N)C[C@@H]1CCNC1=O. The van der Waals surface area contributed by atoms with Crippen LogP contribution < -0.4 is 10.6 Å². The van der Waals surface area contributed by atoms with Crippen molar-refractivity contribution in [3.8, 4) is 6.07 Å². The summed E-state index contributed by atoms with van der Waals surface area (Å²) in [6.07, 6.45) is 1.51. The van der Waals surface area contributed by atoms with Crippen LogP contribution in [0.25, 0.3) is 0 Å². The Balaban J connectivity index is 2.71. The van der Waals surface area contributed by atoms with Crippen LogP contribution in [0.4, 0.5) is 0 Å².